The Balaban J connectivity index is 1.49. The Morgan fingerprint density at radius 3 is 2.66 bits per heavy atom. The number of carbonyl (C=O) groups excluding carboxylic acids is 1. The number of aromatic nitrogens is 2. The largest absolute Gasteiger partial charge is 0.490 e. The lowest BCUT2D eigenvalue weighted by atomic mass is 10.1. The van der Waals surface area contributed by atoms with Crippen molar-refractivity contribution in [1.29, 1.82) is 0 Å². The number of thiophene rings is 1. The van der Waals surface area contributed by atoms with Crippen LogP contribution in [0.2, 0.25) is 10.0 Å². The molecule has 1 N–H and O–H groups in total. The van der Waals surface area contributed by atoms with Gasteiger partial charge in [0, 0.05) is 16.5 Å². The normalized spacial score (nSPS) is 11.0. The number of para-hydroxylation sites is 1. The van der Waals surface area contributed by atoms with E-state index in [2.05, 4.69) is 9.97 Å². The lowest BCUT2D eigenvalue weighted by Gasteiger charge is -2.06. The van der Waals surface area contributed by atoms with Gasteiger partial charge in [0.2, 0.25) is 0 Å². The van der Waals surface area contributed by atoms with Crippen LogP contribution < -0.4 is 10.3 Å². The van der Waals surface area contributed by atoms with Crippen LogP contribution in [-0.4, -0.2) is 29.2 Å². The van der Waals surface area contributed by atoms with Crippen LogP contribution in [0.1, 0.15) is 26.6 Å². The van der Waals surface area contributed by atoms with Crippen molar-refractivity contribution in [3.63, 3.8) is 0 Å². The predicted octanol–water partition coefficient (Wildman–Crippen LogP) is 5.43. The highest BCUT2D eigenvalue weighted by Gasteiger charge is 2.20. The first kappa shape index (κ1) is 22.3. The topological polar surface area (TPSA) is 81.3 Å². The van der Waals surface area contributed by atoms with Gasteiger partial charge in [0.05, 0.1) is 5.39 Å². The number of aromatic amines is 1. The molecule has 0 amide bonds. The summed E-state index contributed by atoms with van der Waals surface area (Å²) in [6.45, 7) is 2.03. The number of nitrogens with one attached hydrogen (secondary N) is 1. The smallest absolute Gasteiger partial charge is 0.348 e. The van der Waals surface area contributed by atoms with Gasteiger partial charge in [-0.3, -0.25) is 4.79 Å². The molecule has 0 aliphatic carbocycles. The van der Waals surface area contributed by atoms with Gasteiger partial charge in [-0.15, -0.1) is 11.3 Å². The molecule has 0 bridgehead atoms. The van der Waals surface area contributed by atoms with Crippen molar-refractivity contribution < 1.29 is 14.3 Å². The summed E-state index contributed by atoms with van der Waals surface area (Å²) in [7, 11) is 0. The number of esters is 1. The Hall–Kier alpha value is -2.87. The molecule has 0 radical (unpaired) electrons. The third-order valence-electron chi connectivity index (χ3n) is 4.74. The number of H-pyrrole nitrogens is 1. The number of nitrogens with zero attached hydrogens (tertiary/aromatic N) is 1. The molecule has 32 heavy (non-hydrogen) atoms. The lowest BCUT2D eigenvalue weighted by molar-refractivity contribution is 0.0455. The fourth-order valence-electron chi connectivity index (χ4n) is 3.19. The second-order valence-corrected chi connectivity index (χ2v) is 8.80. The van der Waals surface area contributed by atoms with E-state index in [9.17, 15) is 9.59 Å². The van der Waals surface area contributed by atoms with E-state index < -0.39 is 5.97 Å². The molecule has 0 spiro atoms. The van der Waals surface area contributed by atoms with Gasteiger partial charge in [0.25, 0.3) is 5.56 Å². The van der Waals surface area contributed by atoms with Gasteiger partial charge < -0.3 is 14.5 Å². The summed E-state index contributed by atoms with van der Waals surface area (Å²) in [6, 6.07) is 14.4. The van der Waals surface area contributed by atoms with Crippen molar-refractivity contribution in [3.8, 4) is 5.75 Å². The summed E-state index contributed by atoms with van der Waals surface area (Å²) >= 11 is 13.3. The van der Waals surface area contributed by atoms with Crippen LogP contribution in [0.4, 0.5) is 0 Å². The SMILES string of the molecule is Cc1c(C(=O)OCCOc2ccccc2)sc2nc(Cc3ccc(Cl)cc3Cl)[nH]c(=O)c12. The summed E-state index contributed by atoms with van der Waals surface area (Å²) in [5, 5.41) is 1.40. The number of fused-ring (bicyclic) bond motifs is 1. The van der Waals surface area contributed by atoms with E-state index in [-0.39, 0.29) is 18.8 Å². The molecule has 2 heterocycles. The van der Waals surface area contributed by atoms with Crippen LogP contribution in [0.15, 0.2) is 53.3 Å². The molecule has 2 aromatic heterocycles. The molecule has 0 saturated carbocycles. The zero-order valence-corrected chi connectivity index (χ0v) is 19.3. The average molecular weight is 489 g/mol. The first-order valence-corrected chi connectivity index (χ1v) is 11.3. The fraction of sp³-hybridized carbons (Fsp3) is 0.174. The van der Waals surface area contributed by atoms with Gasteiger partial charge in [-0.2, -0.15) is 0 Å². The molecule has 0 unspecified atom stereocenters. The van der Waals surface area contributed by atoms with Crippen molar-refractivity contribution in [2.45, 2.75) is 13.3 Å². The molecular weight excluding hydrogens is 471 g/mol. The zero-order valence-electron chi connectivity index (χ0n) is 17.0. The van der Waals surface area contributed by atoms with E-state index in [0.717, 1.165) is 16.9 Å². The standard InChI is InChI=1S/C23H18Cl2N2O4S/c1-13-19-21(28)26-18(11-14-7-8-15(24)12-17(14)25)27-22(19)32-20(13)23(29)31-10-9-30-16-5-3-2-4-6-16/h2-8,12H,9-11H2,1H3,(H,26,27,28). The predicted molar refractivity (Wildman–Crippen MR) is 126 cm³/mol. The van der Waals surface area contributed by atoms with Crippen molar-refractivity contribution in [2.75, 3.05) is 13.2 Å². The van der Waals surface area contributed by atoms with Crippen molar-refractivity contribution in [3.05, 3.63) is 90.8 Å². The van der Waals surface area contributed by atoms with Gasteiger partial charge in [0.1, 0.15) is 34.5 Å². The van der Waals surface area contributed by atoms with Crippen LogP contribution in [0, 0.1) is 6.92 Å². The van der Waals surface area contributed by atoms with E-state index >= 15 is 0 Å². The minimum absolute atomic E-state index is 0.0888. The Morgan fingerprint density at radius 1 is 1.12 bits per heavy atom. The summed E-state index contributed by atoms with van der Waals surface area (Å²) in [4.78, 5) is 33.4. The van der Waals surface area contributed by atoms with E-state index in [1.54, 1.807) is 25.1 Å². The summed E-state index contributed by atoms with van der Waals surface area (Å²) in [5.74, 6) is 0.638. The maximum Gasteiger partial charge on any atom is 0.348 e. The zero-order chi connectivity index (χ0) is 22.7. The number of benzene rings is 2. The molecule has 4 rings (SSSR count). The number of ether oxygens (including phenoxy) is 2. The highest BCUT2D eigenvalue weighted by Crippen LogP contribution is 2.28. The first-order chi connectivity index (χ1) is 15.4. The van der Waals surface area contributed by atoms with E-state index in [0.29, 0.717) is 48.7 Å². The van der Waals surface area contributed by atoms with Crippen LogP contribution in [0.5, 0.6) is 5.75 Å². The number of hydrogen-bond donors (Lipinski definition) is 1. The molecular formula is C23H18Cl2N2O4S. The molecule has 164 valence electrons. The molecule has 0 aliphatic rings. The molecule has 2 aromatic carbocycles. The molecule has 0 saturated heterocycles. The summed E-state index contributed by atoms with van der Waals surface area (Å²) in [6.07, 6.45) is 0.328. The lowest BCUT2D eigenvalue weighted by Crippen LogP contribution is -2.13. The number of halogens is 2. The van der Waals surface area contributed by atoms with Gasteiger partial charge in [-0.1, -0.05) is 47.5 Å². The monoisotopic (exact) mass is 488 g/mol. The first-order valence-electron chi connectivity index (χ1n) is 9.73. The van der Waals surface area contributed by atoms with Gasteiger partial charge in [0.15, 0.2) is 0 Å². The van der Waals surface area contributed by atoms with Crippen molar-refractivity contribution in [1.82, 2.24) is 9.97 Å². The van der Waals surface area contributed by atoms with Crippen LogP contribution in [0.25, 0.3) is 10.2 Å². The van der Waals surface area contributed by atoms with E-state index in [1.807, 2.05) is 30.3 Å². The molecule has 6 nitrogen and oxygen atoms in total. The molecule has 9 heteroatoms. The Labute approximate surface area is 197 Å². The summed E-state index contributed by atoms with van der Waals surface area (Å²) in [5.41, 5.74) is 1.02. The maximum atomic E-state index is 12.7. The number of carbonyl (C=O) groups is 1. The van der Waals surface area contributed by atoms with Gasteiger partial charge in [-0.05, 0) is 42.3 Å². The third kappa shape index (κ3) is 4.96. The molecule has 0 atom stereocenters. The Morgan fingerprint density at radius 2 is 1.91 bits per heavy atom. The second kappa shape index (κ2) is 9.73. The van der Waals surface area contributed by atoms with Gasteiger partial charge >= 0.3 is 5.97 Å². The van der Waals surface area contributed by atoms with Crippen LogP contribution >= 0.6 is 34.5 Å². The summed E-state index contributed by atoms with van der Waals surface area (Å²) < 4.78 is 10.9. The van der Waals surface area contributed by atoms with Crippen molar-refractivity contribution >= 4 is 50.7 Å². The van der Waals surface area contributed by atoms with Crippen LogP contribution in [0.3, 0.4) is 0 Å². The number of aryl methyl sites for hydroxylation is 1. The fourth-order valence-corrected chi connectivity index (χ4v) is 4.76. The highest BCUT2D eigenvalue weighted by atomic mass is 35.5. The minimum atomic E-state index is -0.510. The highest BCUT2D eigenvalue weighted by molar-refractivity contribution is 7.20. The second-order valence-electron chi connectivity index (χ2n) is 6.96. The Bertz CT molecular complexity index is 1340. The molecule has 0 fully saturated rings. The van der Waals surface area contributed by atoms with Crippen LogP contribution in [-0.2, 0) is 11.2 Å². The van der Waals surface area contributed by atoms with Crippen molar-refractivity contribution in [2.24, 2.45) is 0 Å². The number of rotatable bonds is 7. The minimum Gasteiger partial charge on any atom is -0.490 e. The maximum absolute atomic E-state index is 12.7. The van der Waals surface area contributed by atoms with E-state index in [1.165, 1.54) is 0 Å². The van der Waals surface area contributed by atoms with E-state index in [4.69, 9.17) is 32.7 Å². The third-order valence-corrected chi connectivity index (χ3v) is 6.49. The molecule has 4 aromatic rings. The Kier molecular flexibility index (Phi) is 6.79. The molecule has 0 aliphatic heterocycles. The average Bonchev–Trinajstić information content (AvgIpc) is 3.11. The van der Waals surface area contributed by atoms with Gasteiger partial charge in [-0.25, -0.2) is 9.78 Å². The quantitative estimate of drug-likeness (QED) is 0.277. The number of hydrogen-bond acceptors (Lipinski definition) is 6.